The van der Waals surface area contributed by atoms with Crippen molar-refractivity contribution in [1.29, 1.82) is 0 Å². The van der Waals surface area contributed by atoms with Gasteiger partial charge in [-0.3, -0.25) is 24.6 Å². The number of anilines is 2. The molecule has 160 valence electrons. The zero-order valence-electron chi connectivity index (χ0n) is 16.4. The number of hydrogen-bond acceptors (Lipinski definition) is 6. The average molecular weight is 455 g/mol. The van der Waals surface area contributed by atoms with Crippen molar-refractivity contribution in [2.45, 2.75) is 13.0 Å². The van der Waals surface area contributed by atoms with Crippen LogP contribution in [0.4, 0.5) is 17.1 Å². The number of nitrogens with one attached hydrogen (secondary N) is 2. The summed E-state index contributed by atoms with van der Waals surface area (Å²) in [5, 5.41) is 16.6. The maximum atomic E-state index is 12.5. The number of likely N-dealkylation sites (N-methyl/N-ethyl adjacent to an activating group) is 1. The minimum atomic E-state index is -0.691. The third-order valence-electron chi connectivity index (χ3n) is 4.29. The highest BCUT2D eigenvalue weighted by molar-refractivity contribution is 6.34. The Hall–Kier alpha value is -2.88. The molecule has 0 radical (unpaired) electrons. The van der Waals surface area contributed by atoms with Crippen LogP contribution in [0.5, 0.6) is 5.75 Å². The van der Waals surface area contributed by atoms with Gasteiger partial charge in [-0.2, -0.15) is 0 Å². The fourth-order valence-corrected chi connectivity index (χ4v) is 2.88. The van der Waals surface area contributed by atoms with Gasteiger partial charge in [0.2, 0.25) is 11.8 Å². The molecule has 2 N–H and O–H groups in total. The zero-order chi connectivity index (χ0) is 22.4. The number of carbonyl (C=O) groups is 2. The molecule has 0 heterocycles. The highest BCUT2D eigenvalue weighted by Crippen LogP contribution is 2.28. The summed E-state index contributed by atoms with van der Waals surface area (Å²) in [6.07, 6.45) is 0. The van der Waals surface area contributed by atoms with E-state index in [2.05, 4.69) is 10.6 Å². The number of non-ortho nitro benzene ring substituents is 1. The Labute approximate surface area is 183 Å². The molecular weight excluding hydrogens is 435 g/mol. The van der Waals surface area contributed by atoms with Gasteiger partial charge in [-0.15, -0.1) is 0 Å². The van der Waals surface area contributed by atoms with E-state index in [4.69, 9.17) is 27.9 Å². The fraction of sp³-hybridized carbons (Fsp3) is 0.263. The van der Waals surface area contributed by atoms with Crippen LogP contribution < -0.4 is 15.4 Å². The van der Waals surface area contributed by atoms with Crippen LogP contribution in [-0.2, 0) is 9.59 Å². The number of nitro benzene ring substituents is 1. The minimum absolute atomic E-state index is 0.0400. The lowest BCUT2D eigenvalue weighted by molar-refractivity contribution is -0.384. The van der Waals surface area contributed by atoms with E-state index in [1.165, 1.54) is 24.1 Å². The third-order valence-corrected chi connectivity index (χ3v) is 4.84. The Bertz CT molecular complexity index is 970. The lowest BCUT2D eigenvalue weighted by atomic mass is 10.2. The van der Waals surface area contributed by atoms with Crippen LogP contribution in [-0.4, -0.2) is 48.4 Å². The van der Waals surface area contributed by atoms with Gasteiger partial charge < -0.3 is 15.4 Å². The first-order chi connectivity index (χ1) is 14.1. The van der Waals surface area contributed by atoms with Gasteiger partial charge >= 0.3 is 0 Å². The number of nitro groups is 1. The van der Waals surface area contributed by atoms with Gasteiger partial charge in [0, 0.05) is 17.2 Å². The SMILES string of the molecule is COc1ccc(Cl)cc1NC(=O)CN(C)[C@@H](C)C(=O)Nc1ccc([N+](=O)[O-])cc1Cl. The summed E-state index contributed by atoms with van der Waals surface area (Å²) in [6, 6.07) is 7.87. The van der Waals surface area contributed by atoms with Crippen LogP contribution in [0.25, 0.3) is 0 Å². The summed E-state index contributed by atoms with van der Waals surface area (Å²) >= 11 is 12.0. The predicted octanol–water partition coefficient (Wildman–Crippen LogP) is 3.81. The molecular formula is C19H20Cl2N4O5. The van der Waals surface area contributed by atoms with E-state index >= 15 is 0 Å². The molecule has 11 heteroatoms. The molecule has 0 saturated heterocycles. The van der Waals surface area contributed by atoms with Gasteiger partial charge in [0.25, 0.3) is 5.69 Å². The van der Waals surface area contributed by atoms with Crippen molar-refractivity contribution < 1.29 is 19.2 Å². The van der Waals surface area contributed by atoms with Gasteiger partial charge in [0.1, 0.15) is 5.75 Å². The van der Waals surface area contributed by atoms with E-state index in [9.17, 15) is 19.7 Å². The first-order valence-electron chi connectivity index (χ1n) is 8.70. The van der Waals surface area contributed by atoms with E-state index in [0.29, 0.717) is 16.5 Å². The van der Waals surface area contributed by atoms with Crippen LogP contribution in [0.2, 0.25) is 10.0 Å². The summed E-state index contributed by atoms with van der Waals surface area (Å²) in [7, 11) is 3.08. The van der Waals surface area contributed by atoms with Crippen molar-refractivity contribution in [2.75, 3.05) is 31.3 Å². The van der Waals surface area contributed by atoms with Crippen LogP contribution in [0.1, 0.15) is 6.92 Å². The molecule has 2 aromatic rings. The lowest BCUT2D eigenvalue weighted by Crippen LogP contribution is -2.43. The third kappa shape index (κ3) is 6.06. The number of halogens is 2. The molecule has 0 saturated carbocycles. The Morgan fingerprint density at radius 1 is 1.17 bits per heavy atom. The molecule has 2 amide bonds. The predicted molar refractivity (Wildman–Crippen MR) is 115 cm³/mol. The maximum Gasteiger partial charge on any atom is 0.271 e. The summed E-state index contributed by atoms with van der Waals surface area (Å²) in [6.45, 7) is 1.53. The molecule has 0 bridgehead atoms. The second kappa shape index (κ2) is 10.2. The van der Waals surface area contributed by atoms with Gasteiger partial charge in [-0.25, -0.2) is 0 Å². The summed E-state index contributed by atoms with van der Waals surface area (Å²) in [5.74, 6) is -0.346. The molecule has 0 aliphatic heterocycles. The molecule has 0 aliphatic carbocycles. The fourth-order valence-electron chi connectivity index (χ4n) is 2.49. The Morgan fingerprint density at radius 3 is 2.47 bits per heavy atom. The van der Waals surface area contributed by atoms with Gasteiger partial charge in [0.05, 0.1) is 41.0 Å². The number of ether oxygens (including phenoxy) is 1. The second-order valence-electron chi connectivity index (χ2n) is 6.39. The van der Waals surface area contributed by atoms with Crippen molar-refractivity contribution in [3.8, 4) is 5.75 Å². The smallest absolute Gasteiger partial charge is 0.271 e. The van der Waals surface area contributed by atoms with E-state index in [1.54, 1.807) is 32.2 Å². The summed E-state index contributed by atoms with van der Waals surface area (Å²) < 4.78 is 5.19. The highest BCUT2D eigenvalue weighted by Gasteiger charge is 2.22. The van der Waals surface area contributed by atoms with Gasteiger partial charge in [-0.05, 0) is 38.2 Å². The van der Waals surface area contributed by atoms with Crippen LogP contribution >= 0.6 is 23.2 Å². The highest BCUT2D eigenvalue weighted by atomic mass is 35.5. The standard InChI is InChI=1S/C19H20Cl2N4O5/c1-11(19(27)23-15-6-5-13(25(28)29)9-14(15)21)24(2)10-18(26)22-16-8-12(20)4-7-17(16)30-3/h4-9,11H,10H2,1-3H3,(H,22,26)(H,23,27)/t11-/m0/s1. The van der Waals surface area contributed by atoms with Crippen molar-refractivity contribution in [1.82, 2.24) is 4.90 Å². The van der Waals surface area contributed by atoms with Crippen LogP contribution in [0.15, 0.2) is 36.4 Å². The maximum absolute atomic E-state index is 12.5. The molecule has 30 heavy (non-hydrogen) atoms. The van der Waals surface area contributed by atoms with Crippen molar-refractivity contribution >= 4 is 52.1 Å². The molecule has 0 spiro atoms. The molecule has 0 unspecified atom stereocenters. The normalized spacial score (nSPS) is 11.7. The monoisotopic (exact) mass is 454 g/mol. The van der Waals surface area contributed by atoms with Crippen LogP contribution in [0.3, 0.4) is 0 Å². The zero-order valence-corrected chi connectivity index (χ0v) is 18.0. The van der Waals surface area contributed by atoms with Crippen molar-refractivity contribution in [3.63, 3.8) is 0 Å². The molecule has 0 aliphatic rings. The molecule has 0 fully saturated rings. The summed E-state index contributed by atoms with van der Waals surface area (Å²) in [5.41, 5.74) is 0.468. The van der Waals surface area contributed by atoms with E-state index in [0.717, 1.165) is 6.07 Å². The molecule has 9 nitrogen and oxygen atoms in total. The molecule has 2 aromatic carbocycles. The van der Waals surface area contributed by atoms with E-state index in [-0.39, 0.29) is 28.8 Å². The molecule has 0 aromatic heterocycles. The number of methoxy groups -OCH3 is 1. The first-order valence-corrected chi connectivity index (χ1v) is 9.46. The number of nitrogens with zero attached hydrogens (tertiary/aromatic N) is 2. The van der Waals surface area contributed by atoms with Crippen LogP contribution in [0, 0.1) is 10.1 Å². The lowest BCUT2D eigenvalue weighted by Gasteiger charge is -2.23. The topological polar surface area (TPSA) is 114 Å². The quantitative estimate of drug-likeness (QED) is 0.462. The number of hydrogen-bond donors (Lipinski definition) is 2. The average Bonchev–Trinajstić information content (AvgIpc) is 2.68. The second-order valence-corrected chi connectivity index (χ2v) is 7.24. The first kappa shape index (κ1) is 23.4. The number of amides is 2. The number of benzene rings is 2. The van der Waals surface area contributed by atoms with E-state index < -0.39 is 16.9 Å². The van der Waals surface area contributed by atoms with Gasteiger partial charge in [-0.1, -0.05) is 23.2 Å². The largest absolute Gasteiger partial charge is 0.495 e. The van der Waals surface area contributed by atoms with Crippen molar-refractivity contribution in [3.05, 3.63) is 56.6 Å². The Balaban J connectivity index is 1.99. The number of rotatable bonds is 8. The molecule has 2 rings (SSSR count). The molecule has 1 atom stereocenters. The Morgan fingerprint density at radius 2 is 1.87 bits per heavy atom. The summed E-state index contributed by atoms with van der Waals surface area (Å²) in [4.78, 5) is 36.6. The Kier molecular flexibility index (Phi) is 7.99. The minimum Gasteiger partial charge on any atom is -0.495 e. The van der Waals surface area contributed by atoms with Crippen molar-refractivity contribution in [2.24, 2.45) is 0 Å². The van der Waals surface area contributed by atoms with E-state index in [1.807, 2.05) is 0 Å². The van der Waals surface area contributed by atoms with Gasteiger partial charge in [0.15, 0.2) is 0 Å². The number of carbonyl (C=O) groups excluding carboxylic acids is 2.